The van der Waals surface area contributed by atoms with Crippen LogP contribution >= 0.6 is 11.6 Å². The molecule has 0 aromatic carbocycles. The minimum absolute atomic E-state index is 0.135. The molecule has 0 spiro atoms. The minimum atomic E-state index is -0.902. The van der Waals surface area contributed by atoms with Crippen LogP contribution in [0.1, 0.15) is 26.3 Å². The lowest BCUT2D eigenvalue weighted by molar-refractivity contribution is -0.131. The first kappa shape index (κ1) is 18.9. The summed E-state index contributed by atoms with van der Waals surface area (Å²) >= 11 is 5.71. The third kappa shape index (κ3) is 6.23. The Balaban J connectivity index is 2.81. The van der Waals surface area contributed by atoms with Crippen molar-refractivity contribution in [3.8, 4) is 0 Å². The largest absolute Gasteiger partial charge is 0.368 e. The average Bonchev–Trinajstić information content (AvgIpc) is 2.45. The van der Waals surface area contributed by atoms with Gasteiger partial charge in [0.2, 0.25) is 17.7 Å². The lowest BCUT2D eigenvalue weighted by atomic mass is 10.0. The van der Waals surface area contributed by atoms with Gasteiger partial charge in [0.15, 0.2) is 0 Å². The van der Waals surface area contributed by atoms with Crippen molar-refractivity contribution in [3.63, 3.8) is 0 Å². The van der Waals surface area contributed by atoms with Crippen LogP contribution in [0.5, 0.6) is 0 Å². The number of nitrogens with one attached hydrogen (secondary N) is 2. The first-order chi connectivity index (χ1) is 10.7. The van der Waals surface area contributed by atoms with Gasteiger partial charge in [-0.3, -0.25) is 14.4 Å². The van der Waals surface area contributed by atoms with Crippen molar-refractivity contribution in [3.05, 3.63) is 29.0 Å². The Morgan fingerprint density at radius 2 is 1.91 bits per heavy atom. The van der Waals surface area contributed by atoms with Crippen LogP contribution in [0.2, 0.25) is 5.15 Å². The predicted molar refractivity (Wildman–Crippen MR) is 86.5 cm³/mol. The molecule has 0 bridgehead atoms. The number of aromatic nitrogens is 1. The number of hydrogen-bond donors (Lipinski definition) is 3. The van der Waals surface area contributed by atoms with Gasteiger partial charge in [0.05, 0.1) is 0 Å². The highest BCUT2D eigenvalue weighted by Gasteiger charge is 2.27. The van der Waals surface area contributed by atoms with E-state index in [9.17, 15) is 14.4 Å². The van der Waals surface area contributed by atoms with E-state index < -0.39 is 23.9 Å². The second-order valence-corrected chi connectivity index (χ2v) is 5.97. The van der Waals surface area contributed by atoms with E-state index in [1.165, 1.54) is 13.1 Å². The van der Waals surface area contributed by atoms with Crippen molar-refractivity contribution in [1.29, 1.82) is 0 Å². The summed E-state index contributed by atoms with van der Waals surface area (Å²) in [5.74, 6) is -1.58. The highest BCUT2D eigenvalue weighted by atomic mass is 35.5. The monoisotopic (exact) mass is 340 g/mol. The van der Waals surface area contributed by atoms with Crippen LogP contribution in [0.25, 0.3) is 0 Å². The fourth-order valence-corrected chi connectivity index (χ4v) is 2.11. The molecule has 0 radical (unpaired) electrons. The zero-order valence-corrected chi connectivity index (χ0v) is 14.1. The van der Waals surface area contributed by atoms with Crippen LogP contribution in [0.4, 0.5) is 0 Å². The molecular formula is C15H21ClN4O3. The molecule has 4 N–H and O–H groups in total. The number of amides is 3. The number of nitrogens with two attached hydrogens (primary N) is 1. The van der Waals surface area contributed by atoms with E-state index in [1.54, 1.807) is 26.0 Å². The lowest BCUT2D eigenvalue weighted by Crippen LogP contribution is -2.55. The molecule has 1 aromatic rings. The smallest absolute Gasteiger partial charge is 0.243 e. The summed E-state index contributed by atoms with van der Waals surface area (Å²) in [4.78, 5) is 39.0. The summed E-state index contributed by atoms with van der Waals surface area (Å²) in [6, 6.07) is 1.65. The molecule has 7 nitrogen and oxygen atoms in total. The molecule has 2 atom stereocenters. The highest BCUT2D eigenvalue weighted by molar-refractivity contribution is 6.29. The first-order valence-electron chi connectivity index (χ1n) is 7.18. The Kier molecular flexibility index (Phi) is 6.96. The van der Waals surface area contributed by atoms with Crippen molar-refractivity contribution in [2.75, 3.05) is 0 Å². The lowest BCUT2D eigenvalue weighted by Gasteiger charge is -2.24. The average molecular weight is 341 g/mol. The molecule has 3 amide bonds. The van der Waals surface area contributed by atoms with Gasteiger partial charge in [-0.05, 0) is 17.5 Å². The van der Waals surface area contributed by atoms with Gasteiger partial charge in [0.1, 0.15) is 17.2 Å². The molecule has 0 unspecified atom stereocenters. The van der Waals surface area contributed by atoms with Crippen molar-refractivity contribution in [1.82, 2.24) is 15.6 Å². The van der Waals surface area contributed by atoms with Crippen LogP contribution in [0.3, 0.4) is 0 Å². The first-order valence-corrected chi connectivity index (χ1v) is 7.55. The molecule has 126 valence electrons. The normalized spacial score (nSPS) is 13.3. The Morgan fingerprint density at radius 1 is 1.26 bits per heavy atom. The zero-order chi connectivity index (χ0) is 17.6. The number of halogens is 1. The number of pyridine rings is 1. The standard InChI is InChI=1S/C15H21ClN4O3/c1-8(2)13(19-9(3)21)15(23)20-11(14(17)22)6-10-4-5-12(16)18-7-10/h4-5,7-8,11,13H,6H2,1-3H3,(H2,17,22)(H,19,21)(H,20,23)/t11-,13+/m0/s1. The van der Waals surface area contributed by atoms with Crippen molar-refractivity contribution in [2.45, 2.75) is 39.3 Å². The summed E-state index contributed by atoms with van der Waals surface area (Å²) in [5.41, 5.74) is 6.06. The van der Waals surface area contributed by atoms with Crippen molar-refractivity contribution >= 4 is 29.3 Å². The van der Waals surface area contributed by atoms with Crippen molar-refractivity contribution in [2.24, 2.45) is 11.7 Å². The molecule has 0 aliphatic rings. The SMILES string of the molecule is CC(=O)N[C@@H](C(=O)N[C@@H](Cc1ccc(Cl)nc1)C(N)=O)C(C)C. The Labute approximate surface area is 140 Å². The number of rotatable bonds is 7. The fourth-order valence-electron chi connectivity index (χ4n) is 2.00. The highest BCUT2D eigenvalue weighted by Crippen LogP contribution is 2.08. The van der Waals surface area contributed by atoms with Crippen LogP contribution < -0.4 is 16.4 Å². The molecule has 1 heterocycles. The molecule has 23 heavy (non-hydrogen) atoms. The third-order valence-corrected chi connectivity index (χ3v) is 3.42. The van der Waals surface area contributed by atoms with Gasteiger partial charge in [-0.1, -0.05) is 31.5 Å². The van der Waals surface area contributed by atoms with Gasteiger partial charge in [-0.2, -0.15) is 0 Å². The second kappa shape index (κ2) is 8.47. The molecule has 0 saturated heterocycles. The van der Waals surface area contributed by atoms with E-state index in [-0.39, 0.29) is 18.2 Å². The van der Waals surface area contributed by atoms with Gasteiger partial charge in [-0.25, -0.2) is 4.98 Å². The van der Waals surface area contributed by atoms with E-state index >= 15 is 0 Å². The Hall–Kier alpha value is -2.15. The topological polar surface area (TPSA) is 114 Å². The number of primary amides is 1. The summed E-state index contributed by atoms with van der Waals surface area (Å²) in [5, 5.41) is 5.47. The summed E-state index contributed by atoms with van der Waals surface area (Å²) in [6.07, 6.45) is 1.70. The Morgan fingerprint density at radius 3 is 2.35 bits per heavy atom. The quantitative estimate of drug-likeness (QED) is 0.623. The van der Waals surface area contributed by atoms with Crippen LogP contribution in [-0.2, 0) is 20.8 Å². The van der Waals surface area contributed by atoms with E-state index in [4.69, 9.17) is 17.3 Å². The fraction of sp³-hybridized carbons (Fsp3) is 0.467. The zero-order valence-electron chi connectivity index (χ0n) is 13.3. The van der Waals surface area contributed by atoms with E-state index in [1.807, 2.05) is 0 Å². The molecule has 8 heteroatoms. The number of carbonyl (C=O) groups excluding carboxylic acids is 3. The van der Waals surface area contributed by atoms with E-state index in [0.29, 0.717) is 10.7 Å². The maximum Gasteiger partial charge on any atom is 0.243 e. The van der Waals surface area contributed by atoms with Gasteiger partial charge < -0.3 is 16.4 Å². The number of nitrogens with zero attached hydrogens (tertiary/aromatic N) is 1. The molecule has 0 fully saturated rings. The predicted octanol–water partition coefficient (Wildman–Crippen LogP) is 0.408. The van der Waals surface area contributed by atoms with Gasteiger partial charge >= 0.3 is 0 Å². The van der Waals surface area contributed by atoms with Gasteiger partial charge in [0.25, 0.3) is 0 Å². The maximum absolute atomic E-state index is 12.3. The molecule has 0 aliphatic heterocycles. The summed E-state index contributed by atoms with van der Waals surface area (Å²) in [6.45, 7) is 4.92. The number of carbonyl (C=O) groups is 3. The summed E-state index contributed by atoms with van der Waals surface area (Å²) in [7, 11) is 0. The van der Waals surface area contributed by atoms with E-state index in [2.05, 4.69) is 15.6 Å². The van der Waals surface area contributed by atoms with Crippen molar-refractivity contribution < 1.29 is 14.4 Å². The number of hydrogen-bond acceptors (Lipinski definition) is 4. The third-order valence-electron chi connectivity index (χ3n) is 3.20. The van der Waals surface area contributed by atoms with E-state index in [0.717, 1.165) is 0 Å². The Bertz CT molecular complexity index is 575. The van der Waals surface area contributed by atoms with Gasteiger partial charge in [0, 0.05) is 19.5 Å². The molecule has 1 rings (SSSR count). The molecule has 1 aromatic heterocycles. The van der Waals surface area contributed by atoms with Crippen LogP contribution in [0.15, 0.2) is 18.3 Å². The molecular weight excluding hydrogens is 320 g/mol. The van der Waals surface area contributed by atoms with Crippen LogP contribution in [0, 0.1) is 5.92 Å². The molecule has 0 saturated carbocycles. The van der Waals surface area contributed by atoms with Gasteiger partial charge in [-0.15, -0.1) is 0 Å². The summed E-state index contributed by atoms with van der Waals surface area (Å²) < 4.78 is 0. The minimum Gasteiger partial charge on any atom is -0.368 e. The maximum atomic E-state index is 12.3. The van der Waals surface area contributed by atoms with Crippen LogP contribution in [-0.4, -0.2) is 34.8 Å². The second-order valence-electron chi connectivity index (χ2n) is 5.58. The molecule has 0 aliphatic carbocycles.